The van der Waals surface area contributed by atoms with Gasteiger partial charge in [-0.2, -0.15) is 0 Å². The summed E-state index contributed by atoms with van der Waals surface area (Å²) in [6.45, 7) is 0. The summed E-state index contributed by atoms with van der Waals surface area (Å²) in [4.78, 5) is 0. The molecule has 1 aromatic carbocycles. The van der Waals surface area contributed by atoms with Crippen molar-refractivity contribution in [3.05, 3.63) is 46.3 Å². The molecule has 2 aromatic rings. The number of hydrogen-bond donors (Lipinski definition) is 1. The van der Waals surface area contributed by atoms with Crippen LogP contribution in [0, 0.1) is 0 Å². The van der Waals surface area contributed by atoms with Crippen LogP contribution in [0.1, 0.15) is 17.4 Å². The lowest BCUT2D eigenvalue weighted by Crippen LogP contribution is -2.18. The highest BCUT2D eigenvalue weighted by Gasteiger charge is 2.22. The topological polar surface area (TPSA) is 43.6 Å². The number of rotatable bonds is 5. The van der Waals surface area contributed by atoms with Crippen LogP contribution in [0.15, 0.2) is 39.4 Å². The third-order valence-corrected chi connectivity index (χ3v) is 3.60. The van der Waals surface area contributed by atoms with E-state index in [2.05, 4.69) is 21.2 Å². The maximum absolute atomic E-state index is 5.53. The molecule has 1 N–H and O–H groups in total. The molecule has 0 amide bonds. The van der Waals surface area contributed by atoms with Crippen LogP contribution in [0.4, 0.5) is 0 Å². The van der Waals surface area contributed by atoms with Gasteiger partial charge in [0.1, 0.15) is 17.3 Å². The predicted molar refractivity (Wildman–Crippen MR) is 76.9 cm³/mol. The first-order chi connectivity index (χ1) is 9.21. The van der Waals surface area contributed by atoms with Gasteiger partial charge in [0, 0.05) is 11.6 Å². The van der Waals surface area contributed by atoms with Gasteiger partial charge in [0.2, 0.25) is 0 Å². The summed E-state index contributed by atoms with van der Waals surface area (Å²) in [5.41, 5.74) is 0.987. The Hall–Kier alpha value is -1.46. The first-order valence-corrected chi connectivity index (χ1v) is 6.62. The number of ether oxygens (including phenoxy) is 2. The lowest BCUT2D eigenvalue weighted by molar-refractivity contribution is 0.383. The second kappa shape index (κ2) is 6.12. The maximum atomic E-state index is 5.53. The molecule has 1 aromatic heterocycles. The third-order valence-electron chi connectivity index (χ3n) is 2.95. The van der Waals surface area contributed by atoms with Gasteiger partial charge in [-0.25, -0.2) is 0 Å². The minimum absolute atomic E-state index is 0.0924. The molecule has 0 saturated carbocycles. The van der Waals surface area contributed by atoms with Crippen LogP contribution < -0.4 is 14.8 Å². The summed E-state index contributed by atoms with van der Waals surface area (Å²) < 4.78 is 17.1. The molecular formula is C14H16BrNO3. The third kappa shape index (κ3) is 2.77. The summed E-state index contributed by atoms with van der Waals surface area (Å²) in [5.74, 6) is 2.32. The van der Waals surface area contributed by atoms with Crippen molar-refractivity contribution in [2.75, 3.05) is 21.3 Å². The first-order valence-electron chi connectivity index (χ1n) is 5.83. The summed E-state index contributed by atoms with van der Waals surface area (Å²) in [6.07, 6.45) is 1.65. The van der Waals surface area contributed by atoms with Crippen molar-refractivity contribution in [1.29, 1.82) is 0 Å². The fourth-order valence-corrected chi connectivity index (χ4v) is 2.43. The molecule has 0 aliphatic carbocycles. The number of furan rings is 1. The monoisotopic (exact) mass is 325 g/mol. The molecule has 0 aliphatic heterocycles. The molecule has 0 spiro atoms. The van der Waals surface area contributed by atoms with Crippen molar-refractivity contribution in [3.63, 3.8) is 0 Å². The van der Waals surface area contributed by atoms with E-state index in [4.69, 9.17) is 13.9 Å². The van der Waals surface area contributed by atoms with Gasteiger partial charge in [0.25, 0.3) is 0 Å². The summed E-state index contributed by atoms with van der Waals surface area (Å²) in [5, 5.41) is 3.23. The van der Waals surface area contributed by atoms with E-state index in [1.54, 1.807) is 20.5 Å². The Kier molecular flexibility index (Phi) is 4.50. The van der Waals surface area contributed by atoms with Crippen LogP contribution in [0.3, 0.4) is 0 Å². The average molecular weight is 326 g/mol. The molecule has 0 bridgehead atoms. The Bertz CT molecular complexity index is 553. The highest BCUT2D eigenvalue weighted by atomic mass is 79.9. The molecule has 0 aliphatic rings. The van der Waals surface area contributed by atoms with Crippen molar-refractivity contribution in [1.82, 2.24) is 5.32 Å². The van der Waals surface area contributed by atoms with Crippen molar-refractivity contribution in [2.24, 2.45) is 0 Å². The van der Waals surface area contributed by atoms with Gasteiger partial charge >= 0.3 is 0 Å². The Morgan fingerprint density at radius 3 is 2.53 bits per heavy atom. The van der Waals surface area contributed by atoms with Gasteiger partial charge in [-0.05, 0) is 41.2 Å². The van der Waals surface area contributed by atoms with Crippen LogP contribution in [0.25, 0.3) is 0 Å². The zero-order chi connectivity index (χ0) is 13.8. The minimum atomic E-state index is -0.0924. The molecule has 0 saturated heterocycles. The van der Waals surface area contributed by atoms with E-state index in [1.807, 2.05) is 31.3 Å². The molecule has 2 rings (SSSR count). The van der Waals surface area contributed by atoms with E-state index >= 15 is 0 Å². The zero-order valence-electron chi connectivity index (χ0n) is 11.1. The molecule has 4 nitrogen and oxygen atoms in total. The normalized spacial score (nSPS) is 12.2. The summed E-state index contributed by atoms with van der Waals surface area (Å²) in [7, 11) is 5.15. The van der Waals surface area contributed by atoms with Gasteiger partial charge in [-0.3, -0.25) is 0 Å². The van der Waals surface area contributed by atoms with E-state index in [0.29, 0.717) is 0 Å². The molecule has 19 heavy (non-hydrogen) atoms. The lowest BCUT2D eigenvalue weighted by Gasteiger charge is -2.18. The number of nitrogens with one attached hydrogen (secondary N) is 1. The summed E-state index contributed by atoms with van der Waals surface area (Å²) in [6, 6.07) is 7.50. The number of hydrogen-bond acceptors (Lipinski definition) is 4. The van der Waals surface area contributed by atoms with E-state index in [-0.39, 0.29) is 6.04 Å². The Morgan fingerprint density at radius 1 is 1.21 bits per heavy atom. The number of halogens is 1. The second-order valence-electron chi connectivity index (χ2n) is 3.96. The fraction of sp³-hybridized carbons (Fsp3) is 0.286. The lowest BCUT2D eigenvalue weighted by atomic mass is 10.0. The standard InChI is InChI=1S/C14H16BrNO3/c1-16-13(14-11(15)6-7-19-14)10-5-4-9(17-2)8-12(10)18-3/h4-8,13,16H,1-3H3. The highest BCUT2D eigenvalue weighted by molar-refractivity contribution is 9.10. The molecule has 1 unspecified atom stereocenters. The number of methoxy groups -OCH3 is 2. The Labute approximate surface area is 120 Å². The van der Waals surface area contributed by atoms with Crippen LogP contribution in [-0.4, -0.2) is 21.3 Å². The zero-order valence-corrected chi connectivity index (χ0v) is 12.7. The average Bonchev–Trinajstić information content (AvgIpc) is 2.86. The van der Waals surface area contributed by atoms with E-state index < -0.39 is 0 Å². The number of benzene rings is 1. The highest BCUT2D eigenvalue weighted by Crippen LogP contribution is 2.35. The molecule has 5 heteroatoms. The minimum Gasteiger partial charge on any atom is -0.497 e. The van der Waals surface area contributed by atoms with Gasteiger partial charge in [-0.1, -0.05) is 0 Å². The van der Waals surface area contributed by atoms with Gasteiger partial charge in [0.15, 0.2) is 0 Å². The molecule has 0 fully saturated rings. The van der Waals surface area contributed by atoms with Crippen LogP contribution >= 0.6 is 15.9 Å². The van der Waals surface area contributed by atoms with Crippen LogP contribution in [0.5, 0.6) is 11.5 Å². The summed E-state index contributed by atoms with van der Waals surface area (Å²) >= 11 is 3.48. The largest absolute Gasteiger partial charge is 0.497 e. The Balaban J connectivity index is 2.46. The van der Waals surface area contributed by atoms with E-state index in [9.17, 15) is 0 Å². The molecular weight excluding hydrogens is 310 g/mol. The van der Waals surface area contributed by atoms with Crippen molar-refractivity contribution in [2.45, 2.75) is 6.04 Å². The smallest absolute Gasteiger partial charge is 0.139 e. The van der Waals surface area contributed by atoms with Gasteiger partial charge < -0.3 is 19.2 Å². The van der Waals surface area contributed by atoms with Crippen molar-refractivity contribution in [3.8, 4) is 11.5 Å². The van der Waals surface area contributed by atoms with Crippen molar-refractivity contribution >= 4 is 15.9 Å². The molecule has 0 radical (unpaired) electrons. The second-order valence-corrected chi connectivity index (χ2v) is 4.82. The first kappa shape index (κ1) is 14.0. The predicted octanol–water partition coefficient (Wildman–Crippen LogP) is 3.37. The van der Waals surface area contributed by atoms with E-state index in [0.717, 1.165) is 27.3 Å². The SMILES string of the molecule is CNC(c1ccc(OC)cc1OC)c1occc1Br. The molecule has 1 atom stereocenters. The quantitative estimate of drug-likeness (QED) is 0.915. The molecule has 102 valence electrons. The maximum Gasteiger partial charge on any atom is 0.139 e. The van der Waals surface area contributed by atoms with E-state index in [1.165, 1.54) is 0 Å². The van der Waals surface area contributed by atoms with Crippen molar-refractivity contribution < 1.29 is 13.9 Å². The van der Waals surface area contributed by atoms with Gasteiger partial charge in [0.05, 0.1) is 31.0 Å². The van der Waals surface area contributed by atoms with Gasteiger partial charge in [-0.15, -0.1) is 0 Å². The fourth-order valence-electron chi connectivity index (χ4n) is 2.00. The van der Waals surface area contributed by atoms with Crippen LogP contribution in [0.2, 0.25) is 0 Å². The van der Waals surface area contributed by atoms with Crippen LogP contribution in [-0.2, 0) is 0 Å². The molecule has 1 heterocycles. The Morgan fingerprint density at radius 2 is 2.00 bits per heavy atom.